The van der Waals surface area contributed by atoms with Crippen LogP contribution >= 0.6 is 0 Å². The van der Waals surface area contributed by atoms with Gasteiger partial charge in [0.2, 0.25) is 0 Å². The predicted octanol–water partition coefficient (Wildman–Crippen LogP) is 0.945. The van der Waals surface area contributed by atoms with Crippen molar-refractivity contribution in [2.24, 2.45) is 0 Å². The maximum atomic E-state index is 13.0. The van der Waals surface area contributed by atoms with Gasteiger partial charge < -0.3 is 9.47 Å². The lowest BCUT2D eigenvalue weighted by Gasteiger charge is -2.02. The Morgan fingerprint density at radius 1 is 1.50 bits per heavy atom. The Kier molecular flexibility index (Phi) is 3.39. The van der Waals surface area contributed by atoms with Crippen molar-refractivity contribution >= 4 is 5.97 Å². The van der Waals surface area contributed by atoms with Gasteiger partial charge in [0.15, 0.2) is 5.75 Å². The summed E-state index contributed by atoms with van der Waals surface area (Å²) in [5, 5.41) is 0. The van der Waals surface area contributed by atoms with Crippen LogP contribution in [0.15, 0.2) is 12.1 Å². The van der Waals surface area contributed by atoms with Crippen LogP contribution in [0.2, 0.25) is 0 Å². The van der Waals surface area contributed by atoms with Crippen molar-refractivity contribution in [3.05, 3.63) is 23.8 Å². The van der Waals surface area contributed by atoms with E-state index in [1.165, 1.54) is 26.4 Å². The quantitative estimate of drug-likeness (QED) is 0.537. The van der Waals surface area contributed by atoms with E-state index in [4.69, 9.17) is 0 Å². The van der Waals surface area contributed by atoms with E-state index in [2.05, 4.69) is 14.5 Å². The molecular weight excluding hydrogens is 189 g/mol. The van der Waals surface area contributed by atoms with Gasteiger partial charge in [0.05, 0.1) is 26.3 Å². The lowest BCUT2D eigenvalue weighted by molar-refractivity contribution is -0.139. The van der Waals surface area contributed by atoms with E-state index in [1.54, 1.807) is 0 Å². The molecule has 0 aliphatic heterocycles. The summed E-state index contributed by atoms with van der Waals surface area (Å²) < 4.78 is 22.1. The number of aromatic nitrogens is 1. The van der Waals surface area contributed by atoms with Gasteiger partial charge in [0, 0.05) is 0 Å². The second-order valence-electron chi connectivity index (χ2n) is 2.55. The second kappa shape index (κ2) is 4.55. The van der Waals surface area contributed by atoms with Crippen LogP contribution in [0, 0.1) is 5.95 Å². The fourth-order valence-corrected chi connectivity index (χ4v) is 0.930. The maximum Gasteiger partial charge on any atom is 0.311 e. The molecule has 0 aliphatic carbocycles. The standard InChI is InChI=1S/C9H10FNO3/c1-13-7-4-3-6(11-9(7)10)5-8(12)14-2/h3-4H,5H2,1-2H3. The fourth-order valence-electron chi connectivity index (χ4n) is 0.930. The van der Waals surface area contributed by atoms with E-state index < -0.39 is 11.9 Å². The Morgan fingerprint density at radius 3 is 2.71 bits per heavy atom. The molecule has 0 bridgehead atoms. The molecule has 0 saturated carbocycles. The molecule has 1 rings (SSSR count). The Morgan fingerprint density at radius 2 is 2.21 bits per heavy atom. The van der Waals surface area contributed by atoms with E-state index in [-0.39, 0.29) is 12.2 Å². The first-order chi connectivity index (χ1) is 6.67. The zero-order valence-electron chi connectivity index (χ0n) is 7.91. The first-order valence-electron chi connectivity index (χ1n) is 3.93. The largest absolute Gasteiger partial charge is 0.492 e. The molecule has 14 heavy (non-hydrogen) atoms. The van der Waals surface area contributed by atoms with E-state index in [9.17, 15) is 9.18 Å². The first kappa shape index (κ1) is 10.4. The van der Waals surface area contributed by atoms with E-state index >= 15 is 0 Å². The number of hydrogen-bond acceptors (Lipinski definition) is 4. The van der Waals surface area contributed by atoms with Crippen molar-refractivity contribution in [2.45, 2.75) is 6.42 Å². The Balaban J connectivity index is 2.81. The lowest BCUT2D eigenvalue weighted by Crippen LogP contribution is -2.07. The van der Waals surface area contributed by atoms with Gasteiger partial charge in [-0.15, -0.1) is 0 Å². The van der Waals surface area contributed by atoms with Crippen molar-refractivity contribution in [2.75, 3.05) is 14.2 Å². The summed E-state index contributed by atoms with van der Waals surface area (Å²) in [6.07, 6.45) is -0.0442. The number of rotatable bonds is 3. The Hall–Kier alpha value is -1.65. The summed E-state index contributed by atoms with van der Waals surface area (Å²) in [6, 6.07) is 2.93. The fraction of sp³-hybridized carbons (Fsp3) is 0.333. The van der Waals surface area contributed by atoms with Gasteiger partial charge in [-0.3, -0.25) is 4.79 Å². The molecule has 0 fully saturated rings. The first-order valence-corrected chi connectivity index (χ1v) is 3.93. The van der Waals surface area contributed by atoms with Crippen molar-refractivity contribution in [3.63, 3.8) is 0 Å². The van der Waals surface area contributed by atoms with E-state index in [0.29, 0.717) is 5.69 Å². The van der Waals surface area contributed by atoms with Crippen molar-refractivity contribution in [3.8, 4) is 5.75 Å². The molecule has 0 unspecified atom stereocenters. The van der Waals surface area contributed by atoms with E-state index in [1.807, 2.05) is 0 Å². The summed E-state index contributed by atoms with van der Waals surface area (Å²) in [7, 11) is 2.61. The molecule has 1 heterocycles. The Bertz CT molecular complexity index is 341. The molecule has 0 radical (unpaired) electrons. The van der Waals surface area contributed by atoms with Crippen LogP contribution in [0.3, 0.4) is 0 Å². The number of ether oxygens (including phenoxy) is 2. The molecule has 0 N–H and O–H groups in total. The van der Waals surface area contributed by atoms with Crippen LogP contribution in [-0.2, 0) is 16.0 Å². The molecule has 0 saturated heterocycles. The summed E-state index contributed by atoms with van der Waals surface area (Å²) in [4.78, 5) is 14.4. The summed E-state index contributed by atoms with van der Waals surface area (Å²) in [5.74, 6) is -1.13. The average molecular weight is 199 g/mol. The number of nitrogens with zero attached hydrogens (tertiary/aromatic N) is 1. The third-order valence-corrected chi connectivity index (χ3v) is 1.65. The normalized spacial score (nSPS) is 9.64. The topological polar surface area (TPSA) is 48.4 Å². The smallest absolute Gasteiger partial charge is 0.311 e. The van der Waals surface area contributed by atoms with Gasteiger partial charge in [-0.25, -0.2) is 4.98 Å². The number of carbonyl (C=O) groups excluding carboxylic acids is 1. The molecule has 5 heteroatoms. The number of esters is 1. The highest BCUT2D eigenvalue weighted by molar-refractivity contribution is 5.71. The SMILES string of the molecule is COC(=O)Cc1ccc(OC)c(F)n1. The van der Waals surface area contributed by atoms with Crippen LogP contribution in [0.5, 0.6) is 5.75 Å². The second-order valence-corrected chi connectivity index (χ2v) is 2.55. The van der Waals surface area contributed by atoms with Crippen molar-refractivity contribution in [1.82, 2.24) is 4.98 Å². The number of pyridine rings is 1. The molecule has 1 aromatic rings. The maximum absolute atomic E-state index is 13.0. The van der Waals surface area contributed by atoms with Gasteiger partial charge >= 0.3 is 5.97 Å². The molecule has 76 valence electrons. The number of hydrogen-bond donors (Lipinski definition) is 0. The van der Waals surface area contributed by atoms with Crippen LogP contribution in [0.25, 0.3) is 0 Å². The molecule has 0 amide bonds. The summed E-state index contributed by atoms with van der Waals surface area (Å²) >= 11 is 0. The minimum atomic E-state index is -0.728. The number of halogens is 1. The van der Waals surface area contributed by atoms with Crippen LogP contribution in [0.4, 0.5) is 4.39 Å². The predicted molar refractivity (Wildman–Crippen MR) is 46.5 cm³/mol. The third-order valence-electron chi connectivity index (χ3n) is 1.65. The van der Waals surface area contributed by atoms with Crippen LogP contribution < -0.4 is 4.74 Å². The number of methoxy groups -OCH3 is 2. The molecule has 0 aromatic carbocycles. The minimum absolute atomic E-state index is 0.0442. The highest BCUT2D eigenvalue weighted by Gasteiger charge is 2.08. The van der Waals surface area contributed by atoms with Gasteiger partial charge in [-0.1, -0.05) is 0 Å². The molecule has 0 atom stereocenters. The number of carbonyl (C=O) groups is 1. The van der Waals surface area contributed by atoms with E-state index in [0.717, 1.165) is 0 Å². The minimum Gasteiger partial charge on any atom is -0.492 e. The van der Waals surface area contributed by atoms with Crippen molar-refractivity contribution in [1.29, 1.82) is 0 Å². The summed E-state index contributed by atoms with van der Waals surface area (Å²) in [5.41, 5.74) is 0.315. The van der Waals surface area contributed by atoms with Gasteiger partial charge in [-0.2, -0.15) is 4.39 Å². The molecule has 0 spiro atoms. The van der Waals surface area contributed by atoms with Crippen molar-refractivity contribution < 1.29 is 18.7 Å². The van der Waals surface area contributed by atoms with Gasteiger partial charge in [0.25, 0.3) is 5.95 Å². The third kappa shape index (κ3) is 2.42. The average Bonchev–Trinajstić information content (AvgIpc) is 2.18. The monoisotopic (exact) mass is 199 g/mol. The van der Waals surface area contributed by atoms with Crippen LogP contribution in [0.1, 0.15) is 5.69 Å². The highest BCUT2D eigenvalue weighted by atomic mass is 19.1. The highest BCUT2D eigenvalue weighted by Crippen LogP contribution is 2.14. The zero-order valence-corrected chi connectivity index (χ0v) is 7.91. The molecule has 4 nitrogen and oxygen atoms in total. The molecular formula is C9H10FNO3. The zero-order chi connectivity index (χ0) is 10.6. The molecule has 1 aromatic heterocycles. The van der Waals surface area contributed by atoms with Gasteiger partial charge in [0.1, 0.15) is 0 Å². The Labute approximate surface area is 80.7 Å². The summed E-state index contributed by atoms with van der Waals surface area (Å²) in [6.45, 7) is 0. The van der Waals surface area contributed by atoms with Crippen LogP contribution in [-0.4, -0.2) is 25.2 Å². The van der Waals surface area contributed by atoms with Gasteiger partial charge in [-0.05, 0) is 12.1 Å². The lowest BCUT2D eigenvalue weighted by atomic mass is 10.2. The molecule has 0 aliphatic rings.